The number of carbonyl (C=O) groups excluding carboxylic acids is 2. The van der Waals surface area contributed by atoms with E-state index in [1.165, 1.54) is 0 Å². The fraction of sp³-hybridized carbons (Fsp3) is 0.176. The van der Waals surface area contributed by atoms with Crippen molar-refractivity contribution in [2.75, 3.05) is 10.6 Å². The molecule has 0 fully saturated rings. The van der Waals surface area contributed by atoms with Crippen LogP contribution in [0.2, 0.25) is 10.0 Å². The molecule has 0 heterocycles. The minimum atomic E-state index is -1.25. The van der Waals surface area contributed by atoms with Gasteiger partial charge in [-0.05, 0) is 62.4 Å². The second kappa shape index (κ2) is 7.02. The minimum Gasteiger partial charge on any atom is -0.325 e. The molecular formula is C17H16Cl2N2O2. The third kappa shape index (κ3) is 4.47. The van der Waals surface area contributed by atoms with Gasteiger partial charge in [0.1, 0.15) is 5.41 Å². The molecule has 0 bridgehead atoms. The number of rotatable bonds is 4. The predicted molar refractivity (Wildman–Crippen MR) is 93.9 cm³/mol. The highest BCUT2D eigenvalue weighted by molar-refractivity contribution is 6.31. The highest BCUT2D eigenvalue weighted by Crippen LogP contribution is 2.23. The van der Waals surface area contributed by atoms with Crippen LogP contribution in [0.1, 0.15) is 13.8 Å². The summed E-state index contributed by atoms with van der Waals surface area (Å²) >= 11 is 11.6. The minimum absolute atomic E-state index is 0.411. The lowest BCUT2D eigenvalue weighted by molar-refractivity contribution is -0.135. The molecule has 0 atom stereocenters. The lowest BCUT2D eigenvalue weighted by atomic mass is 9.90. The van der Waals surface area contributed by atoms with E-state index in [4.69, 9.17) is 23.2 Å². The van der Waals surface area contributed by atoms with Crippen LogP contribution in [0.15, 0.2) is 48.5 Å². The van der Waals surface area contributed by atoms with E-state index in [1.54, 1.807) is 62.4 Å². The zero-order chi connectivity index (χ0) is 17.0. The molecule has 0 saturated carbocycles. The lowest BCUT2D eigenvalue weighted by Gasteiger charge is -2.22. The Morgan fingerprint density at radius 2 is 1.04 bits per heavy atom. The molecule has 2 aromatic rings. The van der Waals surface area contributed by atoms with Crippen molar-refractivity contribution >= 4 is 46.4 Å². The van der Waals surface area contributed by atoms with E-state index in [0.29, 0.717) is 21.4 Å². The molecule has 4 nitrogen and oxygen atoms in total. The summed E-state index contributed by atoms with van der Waals surface area (Å²) in [5.41, 5.74) is -0.0993. The van der Waals surface area contributed by atoms with Crippen LogP contribution in [-0.4, -0.2) is 11.8 Å². The van der Waals surface area contributed by atoms with Gasteiger partial charge in [-0.3, -0.25) is 9.59 Å². The average Bonchev–Trinajstić information content (AvgIpc) is 2.51. The van der Waals surface area contributed by atoms with E-state index in [0.717, 1.165) is 0 Å². The van der Waals surface area contributed by atoms with Gasteiger partial charge in [0.25, 0.3) is 0 Å². The highest BCUT2D eigenvalue weighted by Gasteiger charge is 2.36. The monoisotopic (exact) mass is 350 g/mol. The largest absolute Gasteiger partial charge is 0.325 e. The molecule has 2 amide bonds. The third-order valence-corrected chi connectivity index (χ3v) is 3.84. The van der Waals surface area contributed by atoms with Crippen molar-refractivity contribution in [3.63, 3.8) is 0 Å². The van der Waals surface area contributed by atoms with Crippen LogP contribution in [0.5, 0.6) is 0 Å². The van der Waals surface area contributed by atoms with E-state index in [1.807, 2.05) is 0 Å². The number of carbonyl (C=O) groups is 2. The Bertz CT molecular complexity index is 649. The molecule has 2 rings (SSSR count). The molecule has 0 radical (unpaired) electrons. The number of amides is 2. The summed E-state index contributed by atoms with van der Waals surface area (Å²) < 4.78 is 0. The summed E-state index contributed by atoms with van der Waals surface area (Å²) in [5.74, 6) is -0.822. The molecule has 0 saturated heterocycles. The number of hydrogen-bond acceptors (Lipinski definition) is 2. The summed E-state index contributed by atoms with van der Waals surface area (Å²) in [6, 6.07) is 13.4. The van der Waals surface area contributed by atoms with Crippen molar-refractivity contribution in [1.29, 1.82) is 0 Å². The van der Waals surface area contributed by atoms with Crippen molar-refractivity contribution in [3.05, 3.63) is 58.6 Å². The van der Waals surface area contributed by atoms with Gasteiger partial charge in [-0.2, -0.15) is 0 Å². The van der Waals surface area contributed by atoms with Gasteiger partial charge in [-0.25, -0.2) is 0 Å². The van der Waals surface area contributed by atoms with Crippen molar-refractivity contribution in [3.8, 4) is 0 Å². The molecule has 2 aromatic carbocycles. The number of anilines is 2. The Morgan fingerprint density at radius 1 is 0.739 bits per heavy atom. The first-order valence-electron chi connectivity index (χ1n) is 6.93. The van der Waals surface area contributed by atoms with Crippen LogP contribution in [-0.2, 0) is 9.59 Å². The lowest BCUT2D eigenvalue weighted by Crippen LogP contribution is -2.41. The van der Waals surface area contributed by atoms with Gasteiger partial charge in [0, 0.05) is 21.4 Å². The van der Waals surface area contributed by atoms with Gasteiger partial charge in [0.05, 0.1) is 0 Å². The number of halogens is 2. The molecular weight excluding hydrogens is 335 g/mol. The Morgan fingerprint density at radius 3 is 1.35 bits per heavy atom. The maximum Gasteiger partial charge on any atom is 0.239 e. The number of benzene rings is 2. The topological polar surface area (TPSA) is 58.2 Å². The van der Waals surface area contributed by atoms with Crippen LogP contribution >= 0.6 is 23.2 Å². The summed E-state index contributed by atoms with van der Waals surface area (Å²) in [4.78, 5) is 24.8. The van der Waals surface area contributed by atoms with Gasteiger partial charge >= 0.3 is 0 Å². The normalized spacial score (nSPS) is 11.0. The Balaban J connectivity index is 2.06. The standard InChI is InChI=1S/C17H16Cl2N2O2/c1-17(2,15(22)20-13-7-3-11(18)4-8-13)16(23)21-14-9-5-12(19)6-10-14/h3-10H,1-2H3,(H,20,22)(H,21,23). The van der Waals surface area contributed by atoms with Gasteiger partial charge < -0.3 is 10.6 Å². The summed E-state index contributed by atoms with van der Waals surface area (Å²) in [5, 5.41) is 6.56. The Kier molecular flexibility index (Phi) is 5.29. The molecule has 0 aromatic heterocycles. The summed E-state index contributed by atoms with van der Waals surface area (Å²) in [7, 11) is 0. The average molecular weight is 351 g/mol. The summed E-state index contributed by atoms with van der Waals surface area (Å²) in [6.07, 6.45) is 0. The van der Waals surface area contributed by atoms with Gasteiger partial charge in [-0.1, -0.05) is 23.2 Å². The SMILES string of the molecule is CC(C)(C(=O)Nc1ccc(Cl)cc1)C(=O)Nc1ccc(Cl)cc1. The molecule has 0 spiro atoms. The maximum absolute atomic E-state index is 12.4. The van der Waals surface area contributed by atoms with Gasteiger partial charge in [0.2, 0.25) is 11.8 Å². The molecule has 0 aliphatic rings. The van der Waals surface area contributed by atoms with E-state index >= 15 is 0 Å². The van der Waals surface area contributed by atoms with E-state index in [-0.39, 0.29) is 0 Å². The fourth-order valence-corrected chi connectivity index (χ4v) is 2.00. The highest BCUT2D eigenvalue weighted by atomic mass is 35.5. The van der Waals surface area contributed by atoms with Crippen LogP contribution in [0.25, 0.3) is 0 Å². The van der Waals surface area contributed by atoms with Crippen LogP contribution in [0, 0.1) is 5.41 Å². The fourth-order valence-electron chi connectivity index (χ4n) is 1.74. The first-order valence-corrected chi connectivity index (χ1v) is 7.68. The molecule has 120 valence electrons. The maximum atomic E-state index is 12.4. The molecule has 2 N–H and O–H groups in total. The number of hydrogen-bond donors (Lipinski definition) is 2. The van der Waals surface area contributed by atoms with Crippen molar-refractivity contribution in [1.82, 2.24) is 0 Å². The van der Waals surface area contributed by atoms with E-state index in [2.05, 4.69) is 10.6 Å². The van der Waals surface area contributed by atoms with Gasteiger partial charge in [0.15, 0.2) is 0 Å². The smallest absolute Gasteiger partial charge is 0.239 e. The summed E-state index contributed by atoms with van der Waals surface area (Å²) in [6.45, 7) is 3.12. The van der Waals surface area contributed by atoms with Crippen molar-refractivity contribution < 1.29 is 9.59 Å². The quantitative estimate of drug-likeness (QED) is 0.791. The Hall–Kier alpha value is -2.04. The van der Waals surface area contributed by atoms with Crippen LogP contribution < -0.4 is 10.6 Å². The van der Waals surface area contributed by atoms with Crippen LogP contribution in [0.4, 0.5) is 11.4 Å². The van der Waals surface area contributed by atoms with E-state index in [9.17, 15) is 9.59 Å². The zero-order valence-corrected chi connectivity index (χ0v) is 14.2. The predicted octanol–water partition coefficient (Wildman–Crippen LogP) is 4.60. The molecule has 6 heteroatoms. The second-order valence-corrected chi connectivity index (χ2v) is 6.42. The number of nitrogens with one attached hydrogen (secondary N) is 2. The van der Waals surface area contributed by atoms with Crippen molar-refractivity contribution in [2.45, 2.75) is 13.8 Å². The first kappa shape index (κ1) is 17.3. The van der Waals surface area contributed by atoms with Crippen LogP contribution in [0.3, 0.4) is 0 Å². The zero-order valence-electron chi connectivity index (χ0n) is 12.7. The third-order valence-electron chi connectivity index (χ3n) is 3.34. The second-order valence-electron chi connectivity index (χ2n) is 5.55. The van der Waals surface area contributed by atoms with Gasteiger partial charge in [-0.15, -0.1) is 0 Å². The molecule has 0 aliphatic heterocycles. The molecule has 0 aliphatic carbocycles. The van der Waals surface area contributed by atoms with E-state index < -0.39 is 17.2 Å². The first-order chi connectivity index (χ1) is 10.8. The Labute approximate surface area is 144 Å². The molecule has 23 heavy (non-hydrogen) atoms. The van der Waals surface area contributed by atoms with Crippen molar-refractivity contribution in [2.24, 2.45) is 5.41 Å². The molecule has 0 unspecified atom stereocenters.